The van der Waals surface area contributed by atoms with E-state index in [1.165, 1.54) is 4.90 Å². The van der Waals surface area contributed by atoms with Gasteiger partial charge in [-0.15, -0.1) is 0 Å². The van der Waals surface area contributed by atoms with Gasteiger partial charge >= 0.3 is 0 Å². The first kappa shape index (κ1) is 17.5. The molecule has 1 saturated heterocycles. The van der Waals surface area contributed by atoms with Gasteiger partial charge in [-0.1, -0.05) is 28.4 Å². The SMILES string of the molecule is Cc1cc(C[NH+]2CCN(C(=S)Nc3cc(Cl)cc(Cl)c3)CC2)no1. The predicted octanol–water partition coefficient (Wildman–Crippen LogP) is 2.39. The molecule has 24 heavy (non-hydrogen) atoms. The number of benzene rings is 1. The van der Waals surface area contributed by atoms with Gasteiger partial charge in [-0.05, 0) is 37.3 Å². The van der Waals surface area contributed by atoms with E-state index in [4.69, 9.17) is 39.9 Å². The minimum absolute atomic E-state index is 0.588. The second-order valence-corrected chi connectivity index (χ2v) is 7.19. The quantitative estimate of drug-likeness (QED) is 0.794. The summed E-state index contributed by atoms with van der Waals surface area (Å²) in [5, 5.41) is 9.15. The van der Waals surface area contributed by atoms with Crippen LogP contribution in [-0.4, -0.2) is 41.3 Å². The van der Waals surface area contributed by atoms with Gasteiger partial charge in [0.05, 0.1) is 26.2 Å². The summed E-state index contributed by atoms with van der Waals surface area (Å²) in [6.07, 6.45) is 0. The fourth-order valence-corrected chi connectivity index (χ4v) is 3.62. The molecule has 0 aliphatic carbocycles. The maximum atomic E-state index is 6.02. The first-order chi connectivity index (χ1) is 11.5. The monoisotopic (exact) mass is 385 g/mol. The summed E-state index contributed by atoms with van der Waals surface area (Å²) in [5.41, 5.74) is 1.82. The topological polar surface area (TPSA) is 45.7 Å². The van der Waals surface area contributed by atoms with E-state index in [1.54, 1.807) is 6.07 Å². The largest absolute Gasteiger partial charge is 0.361 e. The molecule has 2 aromatic rings. The normalized spacial score (nSPS) is 15.5. The zero-order chi connectivity index (χ0) is 17.1. The van der Waals surface area contributed by atoms with Crippen molar-refractivity contribution in [2.45, 2.75) is 13.5 Å². The Bertz CT molecular complexity index is 708. The van der Waals surface area contributed by atoms with E-state index in [-0.39, 0.29) is 0 Å². The third-order valence-electron chi connectivity index (χ3n) is 3.98. The lowest BCUT2D eigenvalue weighted by molar-refractivity contribution is -0.917. The van der Waals surface area contributed by atoms with E-state index < -0.39 is 0 Å². The molecular weight excluding hydrogens is 367 g/mol. The van der Waals surface area contributed by atoms with Gasteiger partial charge in [-0.3, -0.25) is 0 Å². The lowest BCUT2D eigenvalue weighted by Gasteiger charge is -2.33. The van der Waals surface area contributed by atoms with E-state index in [1.807, 2.05) is 25.1 Å². The van der Waals surface area contributed by atoms with Crippen LogP contribution in [0.2, 0.25) is 10.0 Å². The molecule has 1 fully saturated rings. The summed E-state index contributed by atoms with van der Waals surface area (Å²) in [4.78, 5) is 3.65. The number of aryl methyl sites for hydroxylation is 1. The maximum Gasteiger partial charge on any atom is 0.173 e. The highest BCUT2D eigenvalue weighted by Gasteiger charge is 2.23. The van der Waals surface area contributed by atoms with Gasteiger partial charge in [0.15, 0.2) is 5.11 Å². The molecule has 1 aliphatic heterocycles. The van der Waals surface area contributed by atoms with Crippen molar-refractivity contribution < 1.29 is 9.42 Å². The molecule has 0 atom stereocenters. The van der Waals surface area contributed by atoms with Crippen molar-refractivity contribution in [1.82, 2.24) is 10.1 Å². The van der Waals surface area contributed by atoms with Crippen LogP contribution in [0.1, 0.15) is 11.5 Å². The molecule has 0 bridgehead atoms. The lowest BCUT2D eigenvalue weighted by atomic mass is 10.3. The van der Waals surface area contributed by atoms with Gasteiger partial charge < -0.3 is 19.6 Å². The molecular formula is C16H19Cl2N4OS+. The summed E-state index contributed by atoms with van der Waals surface area (Å²) in [6, 6.07) is 7.32. The van der Waals surface area contributed by atoms with Gasteiger partial charge in [0.1, 0.15) is 18.0 Å². The minimum Gasteiger partial charge on any atom is -0.361 e. The number of piperazine rings is 1. The molecule has 8 heteroatoms. The van der Waals surface area contributed by atoms with Crippen LogP contribution in [0, 0.1) is 6.92 Å². The average Bonchev–Trinajstić information content (AvgIpc) is 2.92. The number of thiocarbonyl (C=S) groups is 1. The van der Waals surface area contributed by atoms with Crippen molar-refractivity contribution in [2.75, 3.05) is 31.5 Å². The van der Waals surface area contributed by atoms with E-state index in [0.717, 1.165) is 49.9 Å². The predicted molar refractivity (Wildman–Crippen MR) is 99.9 cm³/mol. The second-order valence-electron chi connectivity index (χ2n) is 5.93. The van der Waals surface area contributed by atoms with Crippen molar-refractivity contribution in [3.8, 4) is 0 Å². The molecule has 1 aromatic heterocycles. The van der Waals surface area contributed by atoms with Gasteiger partial charge in [0, 0.05) is 21.8 Å². The molecule has 5 nitrogen and oxygen atoms in total. The van der Waals surface area contributed by atoms with Crippen LogP contribution in [0.25, 0.3) is 0 Å². The van der Waals surface area contributed by atoms with E-state index in [9.17, 15) is 0 Å². The Morgan fingerprint density at radius 3 is 2.50 bits per heavy atom. The number of hydrogen-bond acceptors (Lipinski definition) is 3. The van der Waals surface area contributed by atoms with Crippen LogP contribution < -0.4 is 10.2 Å². The Kier molecular flexibility index (Phi) is 5.61. The molecule has 1 aliphatic rings. The number of aromatic nitrogens is 1. The number of nitrogens with one attached hydrogen (secondary N) is 2. The first-order valence-corrected chi connectivity index (χ1v) is 8.94. The zero-order valence-corrected chi connectivity index (χ0v) is 15.6. The van der Waals surface area contributed by atoms with Crippen LogP contribution >= 0.6 is 35.4 Å². The number of halogens is 2. The van der Waals surface area contributed by atoms with Crippen LogP contribution in [0.15, 0.2) is 28.8 Å². The number of nitrogens with zero attached hydrogens (tertiary/aromatic N) is 2. The van der Waals surface area contributed by atoms with Crippen LogP contribution in [-0.2, 0) is 6.54 Å². The van der Waals surface area contributed by atoms with Crippen LogP contribution in [0.4, 0.5) is 5.69 Å². The highest BCUT2D eigenvalue weighted by Crippen LogP contribution is 2.22. The average molecular weight is 386 g/mol. The van der Waals surface area contributed by atoms with Crippen molar-refractivity contribution >= 4 is 46.2 Å². The number of anilines is 1. The first-order valence-electron chi connectivity index (χ1n) is 7.77. The summed E-state index contributed by atoms with van der Waals surface area (Å²) in [6.45, 7) is 6.60. The third-order valence-corrected chi connectivity index (χ3v) is 4.78. The molecule has 2 N–H and O–H groups in total. The van der Waals surface area contributed by atoms with Crippen molar-refractivity contribution in [2.24, 2.45) is 0 Å². The fraction of sp³-hybridized carbons (Fsp3) is 0.375. The molecule has 0 saturated carbocycles. The molecule has 0 spiro atoms. The fourth-order valence-electron chi connectivity index (χ4n) is 2.79. The summed E-state index contributed by atoms with van der Waals surface area (Å²) in [7, 11) is 0. The van der Waals surface area contributed by atoms with Gasteiger partial charge in [-0.2, -0.15) is 0 Å². The molecule has 1 aromatic carbocycles. The number of rotatable bonds is 3. The van der Waals surface area contributed by atoms with Crippen LogP contribution in [0.3, 0.4) is 0 Å². The smallest absolute Gasteiger partial charge is 0.173 e. The van der Waals surface area contributed by atoms with Gasteiger partial charge in [-0.25, -0.2) is 0 Å². The van der Waals surface area contributed by atoms with Gasteiger partial charge in [0.2, 0.25) is 0 Å². The van der Waals surface area contributed by atoms with Gasteiger partial charge in [0.25, 0.3) is 0 Å². The van der Waals surface area contributed by atoms with Crippen molar-refractivity contribution in [3.05, 3.63) is 45.8 Å². The Labute approximate surface area is 156 Å². The maximum absolute atomic E-state index is 6.02. The molecule has 0 amide bonds. The van der Waals surface area contributed by atoms with Crippen molar-refractivity contribution in [3.63, 3.8) is 0 Å². The van der Waals surface area contributed by atoms with Crippen molar-refractivity contribution in [1.29, 1.82) is 0 Å². The Morgan fingerprint density at radius 1 is 1.25 bits per heavy atom. The van der Waals surface area contributed by atoms with E-state index in [2.05, 4.69) is 15.4 Å². The van der Waals surface area contributed by atoms with E-state index >= 15 is 0 Å². The summed E-state index contributed by atoms with van der Waals surface area (Å²) < 4.78 is 5.12. The highest BCUT2D eigenvalue weighted by atomic mass is 35.5. The zero-order valence-electron chi connectivity index (χ0n) is 13.3. The summed E-state index contributed by atoms with van der Waals surface area (Å²) in [5.74, 6) is 0.855. The molecule has 2 heterocycles. The minimum atomic E-state index is 0.588. The third kappa shape index (κ3) is 4.60. The Morgan fingerprint density at radius 2 is 1.92 bits per heavy atom. The molecule has 0 unspecified atom stereocenters. The molecule has 0 radical (unpaired) electrons. The van der Waals surface area contributed by atoms with Crippen LogP contribution in [0.5, 0.6) is 0 Å². The standard InChI is InChI=1S/C16H18Cl2N4OS/c1-11-6-15(20-23-11)10-21-2-4-22(5-3-21)16(24)19-14-8-12(17)7-13(18)9-14/h6-9H,2-5,10H2,1H3,(H,19,24)/p+1. The lowest BCUT2D eigenvalue weighted by Crippen LogP contribution is -3.13. The highest BCUT2D eigenvalue weighted by molar-refractivity contribution is 7.80. The number of hydrogen-bond donors (Lipinski definition) is 2. The Balaban J connectivity index is 1.51. The number of quaternary nitrogens is 1. The van der Waals surface area contributed by atoms with E-state index in [0.29, 0.717) is 15.2 Å². The molecule has 128 valence electrons. The molecule has 3 rings (SSSR count). The Hall–Kier alpha value is -1.34. The summed E-state index contributed by atoms with van der Waals surface area (Å²) >= 11 is 17.5. The second kappa shape index (κ2) is 7.70.